The minimum absolute atomic E-state index is 0.0215. The average molecular weight is 286 g/mol. The molecule has 5 nitrogen and oxygen atoms in total. The first kappa shape index (κ1) is 14.5. The van der Waals surface area contributed by atoms with Crippen LogP contribution in [0.25, 0.3) is 0 Å². The minimum atomic E-state index is -0.501. The zero-order valence-electron chi connectivity index (χ0n) is 11.8. The molecule has 1 fully saturated rings. The number of rotatable bonds is 4. The fourth-order valence-electron chi connectivity index (χ4n) is 1.94. The second-order valence-corrected chi connectivity index (χ2v) is 5.45. The summed E-state index contributed by atoms with van der Waals surface area (Å²) in [5.41, 5.74) is 0.858. The molecule has 0 bridgehead atoms. The lowest BCUT2D eigenvalue weighted by Crippen LogP contribution is -2.26. The molecular formula is C13H20ClN3O2. The van der Waals surface area contributed by atoms with E-state index in [-0.39, 0.29) is 6.10 Å². The molecule has 1 N–H and O–H groups in total. The van der Waals surface area contributed by atoms with E-state index in [1.54, 1.807) is 0 Å². The Kier molecular flexibility index (Phi) is 4.28. The number of halogens is 1. The Labute approximate surface area is 118 Å². The zero-order valence-corrected chi connectivity index (χ0v) is 12.5. The van der Waals surface area contributed by atoms with E-state index in [0.717, 1.165) is 23.6 Å². The van der Waals surface area contributed by atoms with Gasteiger partial charge in [-0.1, -0.05) is 18.5 Å². The summed E-state index contributed by atoms with van der Waals surface area (Å²) in [4.78, 5) is 8.66. The monoisotopic (exact) mass is 285 g/mol. The molecule has 2 rings (SSSR count). The van der Waals surface area contributed by atoms with Gasteiger partial charge in [-0.15, -0.1) is 0 Å². The lowest BCUT2D eigenvalue weighted by atomic mass is 10.3. The summed E-state index contributed by atoms with van der Waals surface area (Å²) in [6.45, 7) is 8.95. The highest BCUT2D eigenvalue weighted by Crippen LogP contribution is 2.24. The Bertz CT molecular complexity index is 465. The van der Waals surface area contributed by atoms with Gasteiger partial charge >= 0.3 is 0 Å². The maximum atomic E-state index is 6.09. The van der Waals surface area contributed by atoms with Crippen LogP contribution in [0.2, 0.25) is 5.15 Å². The highest BCUT2D eigenvalue weighted by Gasteiger charge is 2.32. The average Bonchev–Trinajstić information content (AvgIpc) is 2.70. The van der Waals surface area contributed by atoms with Gasteiger partial charge in [-0.05, 0) is 20.8 Å². The minimum Gasteiger partial charge on any atom is -0.367 e. The van der Waals surface area contributed by atoms with Crippen LogP contribution in [0.1, 0.15) is 32.2 Å². The van der Waals surface area contributed by atoms with Crippen molar-refractivity contribution in [1.29, 1.82) is 0 Å². The van der Waals surface area contributed by atoms with Crippen LogP contribution in [0, 0.1) is 6.92 Å². The molecule has 1 aromatic rings. The highest BCUT2D eigenvalue weighted by atomic mass is 35.5. The SMILES string of the molecule is CCc1nc(Cl)c(C)c(NCC2COC(C)(C)O2)n1. The zero-order chi connectivity index (χ0) is 14.0. The van der Waals surface area contributed by atoms with E-state index in [0.29, 0.717) is 18.3 Å². The summed E-state index contributed by atoms with van der Waals surface area (Å²) < 4.78 is 11.3. The van der Waals surface area contributed by atoms with E-state index in [9.17, 15) is 0 Å². The second-order valence-electron chi connectivity index (χ2n) is 5.09. The topological polar surface area (TPSA) is 56.3 Å². The predicted molar refractivity (Wildman–Crippen MR) is 74.6 cm³/mol. The molecule has 0 saturated carbocycles. The molecule has 0 spiro atoms. The number of aromatic nitrogens is 2. The molecule has 1 unspecified atom stereocenters. The summed E-state index contributed by atoms with van der Waals surface area (Å²) in [6.07, 6.45) is 0.776. The number of hydrogen-bond acceptors (Lipinski definition) is 5. The van der Waals surface area contributed by atoms with E-state index in [1.165, 1.54) is 0 Å². The number of anilines is 1. The molecule has 1 aliphatic heterocycles. The molecule has 0 aromatic carbocycles. The normalized spacial score (nSPS) is 21.6. The fraction of sp³-hybridized carbons (Fsp3) is 0.692. The van der Waals surface area contributed by atoms with Crippen LogP contribution in [-0.2, 0) is 15.9 Å². The smallest absolute Gasteiger partial charge is 0.163 e. The van der Waals surface area contributed by atoms with E-state index in [1.807, 2.05) is 27.7 Å². The summed E-state index contributed by atoms with van der Waals surface area (Å²) in [5.74, 6) is 1.01. The molecule has 2 heterocycles. The fourth-order valence-corrected chi connectivity index (χ4v) is 2.12. The number of aryl methyl sites for hydroxylation is 1. The molecule has 6 heteroatoms. The van der Waals surface area contributed by atoms with Crippen molar-refractivity contribution in [2.75, 3.05) is 18.5 Å². The third kappa shape index (κ3) is 3.55. The van der Waals surface area contributed by atoms with E-state index < -0.39 is 5.79 Å². The third-order valence-corrected chi connectivity index (χ3v) is 3.38. The molecule has 1 aliphatic rings. The molecule has 19 heavy (non-hydrogen) atoms. The Morgan fingerprint density at radius 1 is 1.42 bits per heavy atom. The summed E-state index contributed by atoms with van der Waals surface area (Å²) in [7, 11) is 0. The van der Waals surface area contributed by atoms with Crippen molar-refractivity contribution in [3.63, 3.8) is 0 Å². The van der Waals surface area contributed by atoms with Crippen LogP contribution < -0.4 is 5.32 Å². The van der Waals surface area contributed by atoms with Crippen LogP contribution in [0.4, 0.5) is 5.82 Å². The van der Waals surface area contributed by atoms with E-state index >= 15 is 0 Å². The lowest BCUT2D eigenvalue weighted by molar-refractivity contribution is -0.136. The molecule has 106 valence electrons. The van der Waals surface area contributed by atoms with Crippen LogP contribution in [-0.4, -0.2) is 35.0 Å². The Balaban J connectivity index is 2.02. The first-order valence-corrected chi connectivity index (χ1v) is 6.87. The van der Waals surface area contributed by atoms with Gasteiger partial charge in [0.2, 0.25) is 0 Å². The Hall–Kier alpha value is -0.910. The summed E-state index contributed by atoms with van der Waals surface area (Å²) in [5, 5.41) is 3.77. The van der Waals surface area contributed by atoms with Crippen molar-refractivity contribution in [2.24, 2.45) is 0 Å². The van der Waals surface area contributed by atoms with Crippen LogP contribution in [0.15, 0.2) is 0 Å². The third-order valence-electron chi connectivity index (χ3n) is 3.01. The van der Waals surface area contributed by atoms with Gasteiger partial charge in [0.05, 0.1) is 6.61 Å². The van der Waals surface area contributed by atoms with Gasteiger partial charge < -0.3 is 14.8 Å². The second kappa shape index (κ2) is 5.61. The maximum absolute atomic E-state index is 6.09. The van der Waals surface area contributed by atoms with Gasteiger partial charge in [0.15, 0.2) is 5.79 Å². The van der Waals surface area contributed by atoms with E-state index in [4.69, 9.17) is 21.1 Å². The van der Waals surface area contributed by atoms with Crippen molar-refractivity contribution < 1.29 is 9.47 Å². The van der Waals surface area contributed by atoms with Crippen LogP contribution in [0.3, 0.4) is 0 Å². The van der Waals surface area contributed by atoms with E-state index in [2.05, 4.69) is 15.3 Å². The maximum Gasteiger partial charge on any atom is 0.163 e. The first-order chi connectivity index (χ1) is 8.91. The van der Waals surface area contributed by atoms with Gasteiger partial charge in [0, 0.05) is 18.5 Å². The molecule has 0 aliphatic carbocycles. The molecule has 0 radical (unpaired) electrons. The van der Waals surface area contributed by atoms with Gasteiger partial charge in [0.25, 0.3) is 0 Å². The largest absolute Gasteiger partial charge is 0.367 e. The van der Waals surface area contributed by atoms with Crippen molar-refractivity contribution >= 4 is 17.4 Å². The molecule has 0 amide bonds. The van der Waals surface area contributed by atoms with Crippen LogP contribution >= 0.6 is 11.6 Å². The van der Waals surface area contributed by atoms with Gasteiger partial charge in [-0.3, -0.25) is 0 Å². The Morgan fingerprint density at radius 3 is 2.74 bits per heavy atom. The molecule has 1 saturated heterocycles. The number of ether oxygens (including phenoxy) is 2. The van der Waals surface area contributed by atoms with Crippen LogP contribution in [0.5, 0.6) is 0 Å². The van der Waals surface area contributed by atoms with Gasteiger partial charge in [-0.2, -0.15) is 0 Å². The Morgan fingerprint density at radius 2 is 2.16 bits per heavy atom. The number of nitrogens with zero attached hydrogens (tertiary/aromatic N) is 2. The standard InChI is InChI=1S/C13H20ClN3O2/c1-5-10-16-11(14)8(2)12(17-10)15-6-9-7-18-13(3,4)19-9/h9H,5-7H2,1-4H3,(H,15,16,17). The number of hydrogen-bond donors (Lipinski definition) is 1. The summed E-state index contributed by atoms with van der Waals surface area (Å²) in [6, 6.07) is 0. The van der Waals surface area contributed by atoms with Crippen molar-refractivity contribution in [3.05, 3.63) is 16.5 Å². The summed E-state index contributed by atoms with van der Waals surface area (Å²) >= 11 is 6.09. The first-order valence-electron chi connectivity index (χ1n) is 6.50. The predicted octanol–water partition coefficient (Wildman–Crippen LogP) is 2.56. The van der Waals surface area contributed by atoms with Crippen molar-refractivity contribution in [3.8, 4) is 0 Å². The molecular weight excluding hydrogens is 266 g/mol. The van der Waals surface area contributed by atoms with Gasteiger partial charge in [0.1, 0.15) is 22.9 Å². The number of nitrogens with one attached hydrogen (secondary N) is 1. The highest BCUT2D eigenvalue weighted by molar-refractivity contribution is 6.30. The van der Waals surface area contributed by atoms with Crippen molar-refractivity contribution in [1.82, 2.24) is 9.97 Å². The quantitative estimate of drug-likeness (QED) is 0.862. The molecule has 1 atom stereocenters. The van der Waals surface area contributed by atoms with Crippen molar-refractivity contribution in [2.45, 2.75) is 46.0 Å². The van der Waals surface area contributed by atoms with Gasteiger partial charge in [-0.25, -0.2) is 9.97 Å². The molecule has 1 aromatic heterocycles. The lowest BCUT2D eigenvalue weighted by Gasteiger charge is -2.18.